The van der Waals surface area contributed by atoms with E-state index in [1.807, 2.05) is 0 Å². The standard InChI is InChI=1S/C5H9NO2.CH2O3/c7-5(8)3-6-4-1-2-4;2-1(3)4/h4,6H,1-3H2,(H,7,8);(H2,2,3,4). The smallest absolute Gasteiger partial charge is 0.480 e. The van der Waals surface area contributed by atoms with Gasteiger partial charge in [0.25, 0.3) is 0 Å². The van der Waals surface area contributed by atoms with Crippen LogP contribution in [0.4, 0.5) is 4.79 Å². The normalized spacial score (nSPS) is 14.3. The highest BCUT2D eigenvalue weighted by Crippen LogP contribution is 2.17. The second-order valence-corrected chi connectivity index (χ2v) is 2.33. The second kappa shape index (κ2) is 5.36. The van der Waals surface area contributed by atoms with E-state index in [1.54, 1.807) is 0 Å². The zero-order chi connectivity index (χ0) is 9.56. The Bertz CT molecular complexity index is 161. The Hall–Kier alpha value is -1.30. The van der Waals surface area contributed by atoms with Crippen molar-refractivity contribution >= 4 is 12.1 Å². The summed E-state index contributed by atoms with van der Waals surface area (Å²) in [6, 6.07) is 0.506. The van der Waals surface area contributed by atoms with Crippen LogP contribution in [0, 0.1) is 0 Å². The van der Waals surface area contributed by atoms with E-state index in [-0.39, 0.29) is 6.54 Å². The highest BCUT2D eigenvalue weighted by molar-refractivity contribution is 5.69. The molecule has 1 fully saturated rings. The van der Waals surface area contributed by atoms with Gasteiger partial charge in [0.2, 0.25) is 0 Å². The quantitative estimate of drug-likeness (QED) is 0.485. The molecule has 1 rings (SSSR count). The van der Waals surface area contributed by atoms with Crippen molar-refractivity contribution < 1.29 is 24.9 Å². The summed E-state index contributed by atoms with van der Waals surface area (Å²) in [5, 5.41) is 24.9. The van der Waals surface area contributed by atoms with E-state index in [2.05, 4.69) is 5.32 Å². The van der Waals surface area contributed by atoms with Crippen molar-refractivity contribution in [3.05, 3.63) is 0 Å². The molecular formula is C6H11NO5. The van der Waals surface area contributed by atoms with Crippen LogP contribution in [0.25, 0.3) is 0 Å². The Kier molecular flexibility index (Phi) is 4.78. The van der Waals surface area contributed by atoms with Gasteiger partial charge in [-0.05, 0) is 12.8 Å². The van der Waals surface area contributed by atoms with Crippen LogP contribution < -0.4 is 5.32 Å². The Morgan fingerprint density at radius 1 is 1.25 bits per heavy atom. The van der Waals surface area contributed by atoms with Gasteiger partial charge in [-0.3, -0.25) is 4.79 Å². The molecule has 70 valence electrons. The fourth-order valence-electron chi connectivity index (χ4n) is 0.519. The minimum absolute atomic E-state index is 0.116. The van der Waals surface area contributed by atoms with Crippen molar-refractivity contribution in [2.24, 2.45) is 0 Å². The van der Waals surface area contributed by atoms with Crippen LogP contribution in [0.3, 0.4) is 0 Å². The lowest BCUT2D eigenvalue weighted by Gasteiger charge is -1.93. The molecule has 0 aromatic rings. The van der Waals surface area contributed by atoms with Gasteiger partial charge in [-0.1, -0.05) is 0 Å². The van der Waals surface area contributed by atoms with Gasteiger partial charge in [0.1, 0.15) is 0 Å². The van der Waals surface area contributed by atoms with Crippen LogP contribution in [0.15, 0.2) is 0 Å². The maximum atomic E-state index is 9.87. The van der Waals surface area contributed by atoms with E-state index in [4.69, 9.17) is 20.1 Å². The fourth-order valence-corrected chi connectivity index (χ4v) is 0.519. The maximum Gasteiger partial charge on any atom is 0.503 e. The number of hydrogen-bond donors (Lipinski definition) is 4. The molecule has 0 saturated heterocycles. The molecule has 0 heterocycles. The molecule has 6 nitrogen and oxygen atoms in total. The molecular weight excluding hydrogens is 166 g/mol. The molecule has 0 amide bonds. The monoisotopic (exact) mass is 177 g/mol. The van der Waals surface area contributed by atoms with Crippen LogP contribution in [0.2, 0.25) is 0 Å². The number of nitrogens with one attached hydrogen (secondary N) is 1. The minimum atomic E-state index is -1.83. The molecule has 0 atom stereocenters. The Morgan fingerprint density at radius 2 is 1.67 bits per heavy atom. The molecule has 6 heteroatoms. The van der Waals surface area contributed by atoms with E-state index >= 15 is 0 Å². The summed E-state index contributed by atoms with van der Waals surface area (Å²) in [6.07, 6.45) is 0.459. The van der Waals surface area contributed by atoms with Gasteiger partial charge in [-0.2, -0.15) is 0 Å². The number of carboxylic acid groups (broad SMARTS) is 3. The molecule has 4 N–H and O–H groups in total. The summed E-state index contributed by atoms with van der Waals surface area (Å²) in [5.41, 5.74) is 0. The van der Waals surface area contributed by atoms with Crippen LogP contribution in [0.5, 0.6) is 0 Å². The van der Waals surface area contributed by atoms with Crippen LogP contribution >= 0.6 is 0 Å². The summed E-state index contributed by atoms with van der Waals surface area (Å²) in [6.45, 7) is 0.116. The molecule has 0 radical (unpaired) electrons. The average Bonchev–Trinajstić information content (AvgIpc) is 2.63. The van der Waals surface area contributed by atoms with Gasteiger partial charge >= 0.3 is 12.1 Å². The Balaban J connectivity index is 0.000000261. The molecule has 0 aliphatic heterocycles. The first kappa shape index (κ1) is 10.7. The summed E-state index contributed by atoms with van der Waals surface area (Å²) in [7, 11) is 0. The number of carbonyl (C=O) groups is 2. The lowest BCUT2D eigenvalue weighted by atomic mass is 10.6. The third-order valence-electron chi connectivity index (χ3n) is 1.12. The van der Waals surface area contributed by atoms with E-state index in [9.17, 15) is 4.79 Å². The fraction of sp³-hybridized carbons (Fsp3) is 0.667. The molecule has 1 aliphatic rings. The largest absolute Gasteiger partial charge is 0.503 e. The van der Waals surface area contributed by atoms with E-state index in [0.717, 1.165) is 12.8 Å². The first-order valence-electron chi connectivity index (χ1n) is 3.39. The van der Waals surface area contributed by atoms with Gasteiger partial charge in [-0.25, -0.2) is 4.79 Å². The first-order chi connectivity index (χ1) is 5.52. The number of aliphatic carboxylic acids is 1. The highest BCUT2D eigenvalue weighted by Gasteiger charge is 2.20. The highest BCUT2D eigenvalue weighted by atomic mass is 16.6. The zero-order valence-corrected chi connectivity index (χ0v) is 6.36. The van der Waals surface area contributed by atoms with Crippen molar-refractivity contribution in [1.82, 2.24) is 5.32 Å². The van der Waals surface area contributed by atoms with Crippen molar-refractivity contribution in [2.45, 2.75) is 18.9 Å². The first-order valence-corrected chi connectivity index (χ1v) is 3.39. The van der Waals surface area contributed by atoms with Crippen molar-refractivity contribution in [2.75, 3.05) is 6.54 Å². The van der Waals surface area contributed by atoms with Crippen LogP contribution in [0.1, 0.15) is 12.8 Å². The third-order valence-corrected chi connectivity index (χ3v) is 1.12. The molecule has 1 aliphatic carbocycles. The molecule has 12 heavy (non-hydrogen) atoms. The third kappa shape index (κ3) is 11.5. The van der Waals surface area contributed by atoms with E-state index in [1.165, 1.54) is 0 Å². The average molecular weight is 177 g/mol. The molecule has 0 unspecified atom stereocenters. The molecule has 1 saturated carbocycles. The van der Waals surface area contributed by atoms with Gasteiger partial charge in [-0.15, -0.1) is 0 Å². The van der Waals surface area contributed by atoms with Gasteiger partial charge < -0.3 is 20.6 Å². The molecule has 0 spiro atoms. The predicted octanol–water partition coefficient (Wildman–Crippen LogP) is 0.0454. The lowest BCUT2D eigenvalue weighted by molar-refractivity contribution is -0.136. The van der Waals surface area contributed by atoms with E-state index in [0.29, 0.717) is 6.04 Å². The lowest BCUT2D eigenvalue weighted by Crippen LogP contribution is -2.24. The molecule has 0 aromatic carbocycles. The molecule has 0 bridgehead atoms. The van der Waals surface area contributed by atoms with Crippen molar-refractivity contribution in [1.29, 1.82) is 0 Å². The minimum Gasteiger partial charge on any atom is -0.480 e. The van der Waals surface area contributed by atoms with E-state index < -0.39 is 12.1 Å². The number of hydrogen-bond acceptors (Lipinski definition) is 3. The maximum absolute atomic E-state index is 9.87. The van der Waals surface area contributed by atoms with Gasteiger partial charge in [0.05, 0.1) is 6.54 Å². The summed E-state index contributed by atoms with van der Waals surface area (Å²) in [4.78, 5) is 18.4. The topological polar surface area (TPSA) is 107 Å². The van der Waals surface area contributed by atoms with Crippen molar-refractivity contribution in [3.8, 4) is 0 Å². The summed E-state index contributed by atoms with van der Waals surface area (Å²) < 4.78 is 0. The number of carboxylic acids is 1. The van der Waals surface area contributed by atoms with Gasteiger partial charge in [0, 0.05) is 6.04 Å². The zero-order valence-electron chi connectivity index (χ0n) is 6.36. The SMILES string of the molecule is O=C(O)CNC1CC1.O=C(O)O. The Morgan fingerprint density at radius 3 is 1.92 bits per heavy atom. The predicted molar refractivity (Wildman–Crippen MR) is 39.3 cm³/mol. The molecule has 0 aromatic heterocycles. The summed E-state index contributed by atoms with van der Waals surface area (Å²) >= 11 is 0. The Labute approximate surface area is 68.8 Å². The van der Waals surface area contributed by atoms with Gasteiger partial charge in [0.15, 0.2) is 0 Å². The van der Waals surface area contributed by atoms with Crippen LogP contribution in [-0.2, 0) is 4.79 Å². The second-order valence-electron chi connectivity index (χ2n) is 2.33. The van der Waals surface area contributed by atoms with Crippen LogP contribution in [-0.4, -0.2) is 40.0 Å². The summed E-state index contributed by atoms with van der Waals surface area (Å²) in [5.74, 6) is -0.767. The van der Waals surface area contributed by atoms with Crippen molar-refractivity contribution in [3.63, 3.8) is 0 Å². The number of rotatable bonds is 3.